The summed E-state index contributed by atoms with van der Waals surface area (Å²) in [5.74, 6) is -0.897. The molecule has 3 aromatic rings. The molecule has 1 aromatic heterocycles. The van der Waals surface area contributed by atoms with Gasteiger partial charge >= 0.3 is 5.97 Å². The van der Waals surface area contributed by atoms with Gasteiger partial charge in [0.2, 0.25) is 0 Å². The number of hydrogen-bond donors (Lipinski definition) is 2. The van der Waals surface area contributed by atoms with E-state index in [1.54, 1.807) is 12.1 Å². The quantitative estimate of drug-likeness (QED) is 0.671. The lowest BCUT2D eigenvalue weighted by atomic mass is 9.96. The molecule has 5 heteroatoms. The number of aromatic nitrogens is 2. The van der Waals surface area contributed by atoms with Crippen molar-refractivity contribution in [3.05, 3.63) is 77.1 Å². The van der Waals surface area contributed by atoms with Gasteiger partial charge in [-0.25, -0.2) is 4.79 Å². The molecule has 2 heterocycles. The van der Waals surface area contributed by atoms with Gasteiger partial charge in [-0.1, -0.05) is 48.9 Å². The smallest absolute Gasteiger partial charge is 0.336 e. The topological polar surface area (TPSA) is 69.2 Å². The highest BCUT2D eigenvalue weighted by Crippen LogP contribution is 2.33. The van der Waals surface area contributed by atoms with Crippen molar-refractivity contribution in [1.82, 2.24) is 15.1 Å². The molecular weight excluding hydrogens is 350 g/mol. The predicted octanol–water partition coefficient (Wildman–Crippen LogP) is 4.81. The average molecular weight is 375 g/mol. The Bertz CT molecular complexity index is 962. The molecule has 1 aliphatic heterocycles. The maximum Gasteiger partial charge on any atom is 0.336 e. The summed E-state index contributed by atoms with van der Waals surface area (Å²) in [6.07, 6.45) is 5.50. The van der Waals surface area contributed by atoms with Crippen LogP contribution in [-0.2, 0) is 6.54 Å². The van der Waals surface area contributed by atoms with E-state index in [0.717, 1.165) is 30.6 Å². The molecular formula is C23H25N3O2. The molecule has 1 atom stereocenters. The van der Waals surface area contributed by atoms with Gasteiger partial charge in [0.05, 0.1) is 23.5 Å². The predicted molar refractivity (Wildman–Crippen MR) is 109 cm³/mol. The van der Waals surface area contributed by atoms with E-state index in [9.17, 15) is 9.90 Å². The molecule has 1 fully saturated rings. The average Bonchev–Trinajstić information content (AvgIpc) is 3.15. The van der Waals surface area contributed by atoms with E-state index in [4.69, 9.17) is 0 Å². The third-order valence-corrected chi connectivity index (χ3v) is 5.62. The second-order valence-electron chi connectivity index (χ2n) is 7.50. The first kappa shape index (κ1) is 18.4. The monoisotopic (exact) mass is 375 g/mol. The summed E-state index contributed by atoms with van der Waals surface area (Å²) in [5, 5.41) is 16.8. The number of aryl methyl sites for hydroxylation is 1. The van der Waals surface area contributed by atoms with Crippen LogP contribution in [0, 0.1) is 6.92 Å². The van der Waals surface area contributed by atoms with Gasteiger partial charge in [0, 0.05) is 6.54 Å². The maximum atomic E-state index is 11.5. The molecule has 0 unspecified atom stereocenters. The Morgan fingerprint density at radius 1 is 1.18 bits per heavy atom. The number of piperidine rings is 1. The van der Waals surface area contributed by atoms with Crippen molar-refractivity contribution in [1.29, 1.82) is 0 Å². The van der Waals surface area contributed by atoms with Crippen LogP contribution >= 0.6 is 0 Å². The summed E-state index contributed by atoms with van der Waals surface area (Å²) in [4.78, 5) is 14.0. The third kappa shape index (κ3) is 3.71. The zero-order chi connectivity index (χ0) is 19.5. The Labute approximate surface area is 165 Å². The molecule has 2 aromatic carbocycles. The number of aromatic amines is 1. The number of aromatic carboxylic acids is 1. The van der Waals surface area contributed by atoms with Crippen LogP contribution in [0.2, 0.25) is 0 Å². The van der Waals surface area contributed by atoms with Crippen LogP contribution in [0.15, 0.2) is 54.7 Å². The molecule has 5 nitrogen and oxygen atoms in total. The molecule has 0 saturated carbocycles. The highest BCUT2D eigenvalue weighted by atomic mass is 16.4. The van der Waals surface area contributed by atoms with E-state index < -0.39 is 5.97 Å². The van der Waals surface area contributed by atoms with E-state index in [1.807, 2.05) is 30.5 Å². The Hall–Kier alpha value is -2.92. The van der Waals surface area contributed by atoms with E-state index in [2.05, 4.69) is 34.2 Å². The molecule has 1 saturated heterocycles. The van der Waals surface area contributed by atoms with Crippen molar-refractivity contribution in [2.24, 2.45) is 0 Å². The number of H-pyrrole nitrogens is 1. The number of nitrogens with one attached hydrogen (secondary N) is 1. The Morgan fingerprint density at radius 2 is 1.96 bits per heavy atom. The second kappa shape index (κ2) is 7.98. The highest BCUT2D eigenvalue weighted by Gasteiger charge is 2.26. The van der Waals surface area contributed by atoms with Gasteiger partial charge in [0.15, 0.2) is 0 Å². The first-order valence-corrected chi connectivity index (χ1v) is 9.79. The molecule has 0 aliphatic carbocycles. The lowest BCUT2D eigenvalue weighted by molar-refractivity contribution is 0.0697. The van der Waals surface area contributed by atoms with Gasteiger partial charge in [0.1, 0.15) is 0 Å². The number of carboxylic acids is 1. The molecule has 144 valence electrons. The van der Waals surface area contributed by atoms with E-state index in [-0.39, 0.29) is 0 Å². The first-order valence-electron chi connectivity index (χ1n) is 9.79. The lowest BCUT2D eigenvalue weighted by Gasteiger charge is -2.35. The number of rotatable bonds is 5. The van der Waals surface area contributed by atoms with Crippen LogP contribution in [0.3, 0.4) is 0 Å². The van der Waals surface area contributed by atoms with Crippen LogP contribution in [0.4, 0.5) is 0 Å². The number of benzene rings is 2. The van der Waals surface area contributed by atoms with E-state index >= 15 is 0 Å². The van der Waals surface area contributed by atoms with Gasteiger partial charge in [0.25, 0.3) is 0 Å². The van der Waals surface area contributed by atoms with Crippen molar-refractivity contribution < 1.29 is 9.90 Å². The van der Waals surface area contributed by atoms with Crippen LogP contribution in [0.1, 0.15) is 52.5 Å². The Balaban J connectivity index is 1.54. The summed E-state index contributed by atoms with van der Waals surface area (Å²) in [7, 11) is 0. The molecule has 0 bridgehead atoms. The van der Waals surface area contributed by atoms with Gasteiger partial charge in [-0.3, -0.25) is 10.00 Å². The van der Waals surface area contributed by atoms with Crippen LogP contribution < -0.4 is 0 Å². The summed E-state index contributed by atoms with van der Waals surface area (Å²) in [5.41, 5.74) is 5.71. The minimum Gasteiger partial charge on any atom is -0.478 e. The Morgan fingerprint density at radius 3 is 2.68 bits per heavy atom. The summed E-state index contributed by atoms with van der Waals surface area (Å²) >= 11 is 0. The zero-order valence-corrected chi connectivity index (χ0v) is 16.1. The normalized spacial score (nSPS) is 17.5. The minimum absolute atomic E-state index is 0.334. The van der Waals surface area contributed by atoms with Crippen LogP contribution in [0.5, 0.6) is 0 Å². The van der Waals surface area contributed by atoms with Crippen molar-refractivity contribution in [3.8, 4) is 11.1 Å². The number of nitrogens with zero attached hydrogens (tertiary/aromatic N) is 2. The highest BCUT2D eigenvalue weighted by molar-refractivity contribution is 5.95. The van der Waals surface area contributed by atoms with Crippen LogP contribution in [-0.4, -0.2) is 32.7 Å². The fourth-order valence-electron chi connectivity index (χ4n) is 4.15. The van der Waals surface area contributed by atoms with Gasteiger partial charge < -0.3 is 5.11 Å². The molecule has 28 heavy (non-hydrogen) atoms. The van der Waals surface area contributed by atoms with Gasteiger partial charge in [-0.05, 0) is 54.6 Å². The third-order valence-electron chi connectivity index (χ3n) is 5.62. The lowest BCUT2D eigenvalue weighted by Crippen LogP contribution is -2.33. The van der Waals surface area contributed by atoms with Crippen molar-refractivity contribution in [2.75, 3.05) is 6.54 Å². The zero-order valence-electron chi connectivity index (χ0n) is 16.1. The van der Waals surface area contributed by atoms with Crippen molar-refractivity contribution in [3.63, 3.8) is 0 Å². The van der Waals surface area contributed by atoms with Crippen molar-refractivity contribution in [2.45, 2.75) is 38.8 Å². The fraction of sp³-hybridized carbons (Fsp3) is 0.304. The number of carbonyl (C=O) groups is 1. The van der Waals surface area contributed by atoms with Gasteiger partial charge in [-0.2, -0.15) is 5.10 Å². The summed E-state index contributed by atoms with van der Waals surface area (Å²) in [6.45, 7) is 4.07. The number of carboxylic acid groups (broad SMARTS) is 1. The van der Waals surface area contributed by atoms with Crippen LogP contribution in [0.25, 0.3) is 11.1 Å². The number of hydrogen-bond acceptors (Lipinski definition) is 3. The van der Waals surface area contributed by atoms with E-state index in [1.165, 1.54) is 29.7 Å². The van der Waals surface area contributed by atoms with Crippen molar-refractivity contribution >= 4 is 5.97 Å². The first-order chi connectivity index (χ1) is 13.6. The molecule has 0 amide bonds. The van der Waals surface area contributed by atoms with Gasteiger partial charge in [-0.15, -0.1) is 0 Å². The SMILES string of the molecule is Cc1cn[nH]c1[C@@H]1CCCCN1Cc1ccc(-c2ccccc2C(=O)O)cc1. The van der Waals surface area contributed by atoms with E-state index in [0.29, 0.717) is 11.6 Å². The standard InChI is InChI=1S/C23H25N3O2/c1-16-14-24-25-22(16)21-8-4-5-13-26(21)15-17-9-11-18(12-10-17)19-6-2-3-7-20(19)23(27)28/h2-3,6-7,9-12,14,21H,4-5,8,13,15H2,1H3,(H,24,25)(H,27,28)/t21-/m0/s1. The summed E-state index contributed by atoms with van der Waals surface area (Å²) in [6, 6.07) is 15.8. The molecule has 4 rings (SSSR count). The molecule has 0 spiro atoms. The maximum absolute atomic E-state index is 11.5. The molecule has 0 radical (unpaired) electrons. The largest absolute Gasteiger partial charge is 0.478 e. The number of likely N-dealkylation sites (tertiary alicyclic amines) is 1. The molecule has 2 N–H and O–H groups in total. The summed E-state index contributed by atoms with van der Waals surface area (Å²) < 4.78 is 0. The molecule has 1 aliphatic rings. The second-order valence-corrected chi connectivity index (χ2v) is 7.50. The minimum atomic E-state index is -0.897. The fourth-order valence-corrected chi connectivity index (χ4v) is 4.15. The Kier molecular flexibility index (Phi) is 5.26.